The van der Waals surface area contributed by atoms with Crippen molar-refractivity contribution in [1.82, 2.24) is 0 Å². The molecule has 2 N–H and O–H groups in total. The van der Waals surface area contributed by atoms with E-state index in [0.717, 1.165) is 20.9 Å². The lowest BCUT2D eigenvalue weighted by Crippen LogP contribution is -1.88. The van der Waals surface area contributed by atoms with E-state index in [4.69, 9.17) is 28.9 Å². The molecule has 0 aliphatic carbocycles. The van der Waals surface area contributed by atoms with E-state index >= 15 is 0 Å². The number of rotatable bonds is 2. The maximum Gasteiger partial charge on any atom is 0.129 e. The van der Waals surface area contributed by atoms with Crippen LogP contribution < -0.4 is 5.73 Å². The fraction of sp³-hybridized carbons (Fsp3) is 0. The smallest absolute Gasteiger partial charge is 0.129 e. The van der Waals surface area contributed by atoms with Gasteiger partial charge in [-0.25, -0.2) is 0 Å². The van der Waals surface area contributed by atoms with Crippen LogP contribution in [0.15, 0.2) is 35.7 Å². The normalized spacial score (nSPS) is 10.5. The van der Waals surface area contributed by atoms with Gasteiger partial charge in [-0.15, -0.1) is 22.7 Å². The third kappa shape index (κ3) is 2.43. The van der Waals surface area contributed by atoms with E-state index < -0.39 is 0 Å². The highest BCUT2D eigenvalue weighted by Crippen LogP contribution is 2.49. The van der Waals surface area contributed by atoms with Crippen molar-refractivity contribution in [2.75, 3.05) is 5.73 Å². The molecule has 0 fully saturated rings. The number of hydrogen-bond acceptors (Lipinski definition) is 4. The highest BCUT2D eigenvalue weighted by molar-refractivity contribution is 7.19. The Hall–Kier alpha value is -1.51. The Morgan fingerprint density at radius 3 is 2.33 bits per heavy atom. The molecule has 0 atom stereocenters. The van der Waals surface area contributed by atoms with Crippen molar-refractivity contribution in [2.24, 2.45) is 0 Å². The number of nitrogens with two attached hydrogens (primary N) is 1. The summed E-state index contributed by atoms with van der Waals surface area (Å²) in [6.07, 6.45) is 0. The van der Waals surface area contributed by atoms with Gasteiger partial charge in [-0.1, -0.05) is 35.3 Å². The van der Waals surface area contributed by atoms with Crippen LogP contribution in [0, 0.1) is 11.3 Å². The van der Waals surface area contributed by atoms with Gasteiger partial charge >= 0.3 is 0 Å². The summed E-state index contributed by atoms with van der Waals surface area (Å²) in [7, 11) is 0. The number of halogens is 2. The van der Waals surface area contributed by atoms with Gasteiger partial charge in [-0.2, -0.15) is 5.26 Å². The monoisotopic (exact) mass is 350 g/mol. The van der Waals surface area contributed by atoms with Crippen molar-refractivity contribution >= 4 is 51.6 Å². The number of nitrogens with zero attached hydrogens (tertiary/aromatic N) is 1. The first-order valence-corrected chi connectivity index (χ1v) is 8.39. The zero-order chi connectivity index (χ0) is 15.0. The highest BCUT2D eigenvalue weighted by Gasteiger charge is 2.22. The molecule has 0 aliphatic heterocycles. The zero-order valence-electron chi connectivity index (χ0n) is 10.6. The molecule has 2 heterocycles. The number of nitriles is 1. The van der Waals surface area contributed by atoms with Gasteiger partial charge in [-0.3, -0.25) is 0 Å². The van der Waals surface area contributed by atoms with Gasteiger partial charge < -0.3 is 5.73 Å². The predicted molar refractivity (Wildman–Crippen MR) is 92.2 cm³/mol. The second-order valence-corrected chi connectivity index (χ2v) is 7.02. The van der Waals surface area contributed by atoms with Crippen molar-refractivity contribution < 1.29 is 0 Å². The number of nitrogen functional groups attached to an aromatic ring is 1. The molecule has 1 aromatic carbocycles. The first kappa shape index (κ1) is 14.4. The van der Waals surface area contributed by atoms with Gasteiger partial charge in [0, 0.05) is 20.9 Å². The topological polar surface area (TPSA) is 49.8 Å². The predicted octanol–water partition coefficient (Wildman–Crippen LogP) is 5.90. The van der Waals surface area contributed by atoms with Crippen molar-refractivity contribution in [1.29, 1.82) is 5.26 Å². The molecule has 0 unspecified atom stereocenters. The second-order valence-electron chi connectivity index (χ2n) is 4.23. The van der Waals surface area contributed by atoms with Crippen molar-refractivity contribution in [3.05, 3.63) is 50.6 Å². The molecule has 0 spiro atoms. The molecule has 0 aliphatic rings. The standard InChI is InChI=1S/C15H8Cl2N2S2/c16-8-3-1-4-9(17)12(8)15-13(10-5-2-6-20-10)14(19)11(7-18)21-15/h1-6H,19H2. The van der Waals surface area contributed by atoms with Crippen LogP contribution in [-0.2, 0) is 0 Å². The summed E-state index contributed by atoms with van der Waals surface area (Å²) >= 11 is 15.5. The molecule has 0 saturated carbocycles. The average Bonchev–Trinajstić information content (AvgIpc) is 3.06. The van der Waals surface area contributed by atoms with Crippen LogP contribution in [0.5, 0.6) is 0 Å². The van der Waals surface area contributed by atoms with Gasteiger partial charge in [0.05, 0.1) is 15.7 Å². The third-order valence-corrected chi connectivity index (χ3v) is 5.65. The molecule has 6 heteroatoms. The Labute approximate surface area is 140 Å². The SMILES string of the molecule is N#Cc1sc(-c2c(Cl)cccc2Cl)c(-c2cccs2)c1N. The Bertz CT molecular complexity index is 825. The molecule has 0 radical (unpaired) electrons. The van der Waals surface area contributed by atoms with E-state index in [0.29, 0.717) is 20.6 Å². The Morgan fingerprint density at radius 2 is 1.76 bits per heavy atom. The number of thiophene rings is 2. The average molecular weight is 351 g/mol. The fourth-order valence-electron chi connectivity index (χ4n) is 2.08. The molecular weight excluding hydrogens is 343 g/mol. The van der Waals surface area contributed by atoms with Crippen LogP contribution in [0.3, 0.4) is 0 Å². The lowest BCUT2D eigenvalue weighted by molar-refractivity contribution is 1.52. The summed E-state index contributed by atoms with van der Waals surface area (Å²) in [4.78, 5) is 2.31. The van der Waals surface area contributed by atoms with Crippen molar-refractivity contribution in [3.8, 4) is 27.0 Å². The minimum atomic E-state index is 0.476. The van der Waals surface area contributed by atoms with E-state index in [1.54, 1.807) is 29.5 Å². The molecule has 0 bridgehead atoms. The van der Waals surface area contributed by atoms with E-state index in [2.05, 4.69) is 6.07 Å². The molecule has 0 saturated heterocycles. The van der Waals surface area contributed by atoms with Crippen LogP contribution in [0.25, 0.3) is 20.9 Å². The second kappa shape index (κ2) is 5.70. The fourth-order valence-corrected chi connectivity index (χ4v) is 4.74. The van der Waals surface area contributed by atoms with Crippen LogP contribution in [0.2, 0.25) is 10.0 Å². The van der Waals surface area contributed by atoms with E-state index in [-0.39, 0.29) is 0 Å². The Kier molecular flexibility index (Phi) is 3.92. The summed E-state index contributed by atoms with van der Waals surface area (Å²) in [6.45, 7) is 0. The maximum absolute atomic E-state index is 9.26. The molecule has 2 aromatic heterocycles. The molecule has 3 rings (SSSR count). The minimum Gasteiger partial charge on any atom is -0.396 e. The van der Waals surface area contributed by atoms with E-state index in [1.165, 1.54) is 11.3 Å². The number of anilines is 1. The summed E-state index contributed by atoms with van der Waals surface area (Å²) in [5.74, 6) is 0. The van der Waals surface area contributed by atoms with Gasteiger partial charge in [0.25, 0.3) is 0 Å². The van der Waals surface area contributed by atoms with Gasteiger partial charge in [-0.05, 0) is 23.6 Å². The Balaban J connectivity index is 2.36. The zero-order valence-corrected chi connectivity index (χ0v) is 13.7. The lowest BCUT2D eigenvalue weighted by Gasteiger charge is -2.07. The highest BCUT2D eigenvalue weighted by atomic mass is 35.5. The maximum atomic E-state index is 9.26. The minimum absolute atomic E-state index is 0.476. The molecular formula is C15H8Cl2N2S2. The molecule has 3 aromatic rings. The third-order valence-electron chi connectivity index (χ3n) is 3.00. The summed E-state index contributed by atoms with van der Waals surface area (Å²) in [6, 6.07) is 11.4. The molecule has 0 amide bonds. The quantitative estimate of drug-likeness (QED) is 0.624. The van der Waals surface area contributed by atoms with Gasteiger partial charge in [0.1, 0.15) is 10.9 Å². The van der Waals surface area contributed by atoms with Crippen LogP contribution in [0.4, 0.5) is 5.69 Å². The van der Waals surface area contributed by atoms with Crippen LogP contribution in [-0.4, -0.2) is 0 Å². The summed E-state index contributed by atoms with van der Waals surface area (Å²) in [5, 5.41) is 12.3. The lowest BCUT2D eigenvalue weighted by atomic mass is 10.1. The molecule has 2 nitrogen and oxygen atoms in total. The van der Waals surface area contributed by atoms with Gasteiger partial charge in [0.15, 0.2) is 0 Å². The number of benzene rings is 1. The van der Waals surface area contributed by atoms with Crippen LogP contribution in [0.1, 0.15) is 4.88 Å². The molecule has 21 heavy (non-hydrogen) atoms. The largest absolute Gasteiger partial charge is 0.396 e. The van der Waals surface area contributed by atoms with Crippen molar-refractivity contribution in [3.63, 3.8) is 0 Å². The van der Waals surface area contributed by atoms with Crippen LogP contribution >= 0.6 is 45.9 Å². The van der Waals surface area contributed by atoms with E-state index in [1.807, 2.05) is 17.5 Å². The molecule has 104 valence electrons. The number of hydrogen-bond donors (Lipinski definition) is 1. The van der Waals surface area contributed by atoms with Crippen molar-refractivity contribution in [2.45, 2.75) is 0 Å². The summed E-state index contributed by atoms with van der Waals surface area (Å²) < 4.78 is 0. The first-order valence-electron chi connectivity index (χ1n) is 5.94. The van der Waals surface area contributed by atoms with Gasteiger partial charge in [0.2, 0.25) is 0 Å². The van der Waals surface area contributed by atoms with E-state index in [9.17, 15) is 5.26 Å². The first-order chi connectivity index (χ1) is 10.1. The summed E-state index contributed by atoms with van der Waals surface area (Å²) in [5.41, 5.74) is 8.19. The Morgan fingerprint density at radius 1 is 1.05 bits per heavy atom.